The molecule has 0 unspecified atom stereocenters. The molecule has 4 rings (SSSR count). The SMILES string of the molecule is CC(=O)c1ccc2c(c1)c1cc(C(C)=O)ccc1n2CCN1CCOC[C@H]1C. The van der Waals surface area contributed by atoms with Crippen LogP contribution in [-0.4, -0.2) is 53.4 Å². The van der Waals surface area contributed by atoms with Crippen LogP contribution in [0.2, 0.25) is 0 Å². The second-order valence-corrected chi connectivity index (χ2v) is 7.69. The van der Waals surface area contributed by atoms with Gasteiger partial charge in [0.2, 0.25) is 0 Å². The van der Waals surface area contributed by atoms with Crippen molar-refractivity contribution in [3.8, 4) is 0 Å². The summed E-state index contributed by atoms with van der Waals surface area (Å²) in [7, 11) is 0. The Hall–Kier alpha value is -2.50. The van der Waals surface area contributed by atoms with Crippen LogP contribution in [0.4, 0.5) is 0 Å². The van der Waals surface area contributed by atoms with Gasteiger partial charge in [0.15, 0.2) is 11.6 Å². The standard InChI is InChI=1S/C23H26N2O3/c1-15-14-28-11-10-24(15)8-9-25-22-6-4-18(16(2)26)12-20(22)21-13-19(17(3)27)5-7-23(21)25/h4-7,12-13,15H,8-11,14H2,1-3H3/t15-/m1/s1. The molecule has 2 aromatic carbocycles. The molecule has 1 saturated heterocycles. The van der Waals surface area contributed by atoms with E-state index in [2.05, 4.69) is 16.4 Å². The summed E-state index contributed by atoms with van der Waals surface area (Å²) in [5.41, 5.74) is 3.59. The topological polar surface area (TPSA) is 51.5 Å². The zero-order valence-electron chi connectivity index (χ0n) is 16.7. The van der Waals surface area contributed by atoms with E-state index in [0.717, 1.165) is 54.7 Å². The Bertz CT molecular complexity index is 995. The van der Waals surface area contributed by atoms with Crippen molar-refractivity contribution in [1.82, 2.24) is 9.47 Å². The number of Topliss-reactive ketones (excluding diaryl/α,β-unsaturated/α-hetero) is 2. The summed E-state index contributed by atoms with van der Waals surface area (Å²) >= 11 is 0. The molecule has 146 valence electrons. The number of benzene rings is 2. The highest BCUT2D eigenvalue weighted by atomic mass is 16.5. The molecule has 5 nitrogen and oxygen atoms in total. The number of rotatable bonds is 5. The Morgan fingerprint density at radius 2 is 1.54 bits per heavy atom. The summed E-state index contributed by atoms with van der Waals surface area (Å²) in [5.74, 6) is 0.0975. The second-order valence-electron chi connectivity index (χ2n) is 7.69. The van der Waals surface area contributed by atoms with Gasteiger partial charge in [-0.2, -0.15) is 0 Å². The van der Waals surface area contributed by atoms with E-state index in [9.17, 15) is 9.59 Å². The molecule has 1 fully saturated rings. The van der Waals surface area contributed by atoms with Gasteiger partial charge < -0.3 is 9.30 Å². The van der Waals surface area contributed by atoms with E-state index in [1.807, 2.05) is 36.4 Å². The number of aromatic nitrogens is 1. The fourth-order valence-electron chi connectivity index (χ4n) is 4.11. The molecule has 0 spiro atoms. The highest BCUT2D eigenvalue weighted by Gasteiger charge is 2.20. The molecule has 1 aromatic heterocycles. The first-order chi connectivity index (χ1) is 13.5. The Morgan fingerprint density at radius 3 is 2.04 bits per heavy atom. The zero-order valence-corrected chi connectivity index (χ0v) is 16.7. The molecular weight excluding hydrogens is 352 g/mol. The smallest absolute Gasteiger partial charge is 0.159 e. The van der Waals surface area contributed by atoms with Crippen LogP contribution in [-0.2, 0) is 11.3 Å². The molecule has 1 aliphatic heterocycles. The molecule has 1 atom stereocenters. The average molecular weight is 378 g/mol. The van der Waals surface area contributed by atoms with Crippen LogP contribution in [0.25, 0.3) is 21.8 Å². The highest BCUT2D eigenvalue weighted by molar-refractivity contribution is 6.12. The minimum atomic E-state index is 0.0488. The Labute approximate surface area is 164 Å². The van der Waals surface area contributed by atoms with Crippen molar-refractivity contribution in [1.29, 1.82) is 0 Å². The zero-order chi connectivity index (χ0) is 19.8. The normalized spacial score (nSPS) is 18.0. The van der Waals surface area contributed by atoms with Gasteiger partial charge in [0, 0.05) is 58.6 Å². The fourth-order valence-corrected chi connectivity index (χ4v) is 4.11. The first kappa shape index (κ1) is 18.8. The third-order valence-electron chi connectivity index (χ3n) is 5.79. The van der Waals surface area contributed by atoms with E-state index in [4.69, 9.17) is 4.74 Å². The van der Waals surface area contributed by atoms with E-state index in [1.165, 1.54) is 0 Å². The lowest BCUT2D eigenvalue weighted by molar-refractivity contribution is -0.00139. The third kappa shape index (κ3) is 3.36. The van der Waals surface area contributed by atoms with Crippen molar-refractivity contribution in [2.75, 3.05) is 26.3 Å². The fraction of sp³-hybridized carbons (Fsp3) is 0.391. The minimum absolute atomic E-state index is 0.0488. The summed E-state index contributed by atoms with van der Waals surface area (Å²) in [4.78, 5) is 26.2. The maximum absolute atomic E-state index is 11.9. The first-order valence-corrected chi connectivity index (χ1v) is 9.85. The Balaban J connectivity index is 1.81. The number of morpholine rings is 1. The van der Waals surface area contributed by atoms with Crippen molar-refractivity contribution >= 4 is 33.4 Å². The van der Waals surface area contributed by atoms with Gasteiger partial charge in [0.05, 0.1) is 13.2 Å². The molecule has 0 bridgehead atoms. The minimum Gasteiger partial charge on any atom is -0.379 e. The highest BCUT2D eigenvalue weighted by Crippen LogP contribution is 2.31. The van der Waals surface area contributed by atoms with Gasteiger partial charge in [0.1, 0.15) is 0 Å². The molecule has 2 heterocycles. The number of ether oxygens (including phenoxy) is 1. The number of nitrogens with zero attached hydrogens (tertiary/aromatic N) is 2. The average Bonchev–Trinajstić information content (AvgIpc) is 2.99. The molecule has 5 heteroatoms. The van der Waals surface area contributed by atoms with Gasteiger partial charge in [-0.3, -0.25) is 14.5 Å². The van der Waals surface area contributed by atoms with Crippen LogP contribution in [0, 0.1) is 0 Å². The van der Waals surface area contributed by atoms with Crippen molar-refractivity contribution in [3.05, 3.63) is 47.5 Å². The van der Waals surface area contributed by atoms with Crippen LogP contribution in [0.15, 0.2) is 36.4 Å². The number of hydrogen-bond donors (Lipinski definition) is 0. The van der Waals surface area contributed by atoms with Crippen molar-refractivity contribution < 1.29 is 14.3 Å². The van der Waals surface area contributed by atoms with E-state index < -0.39 is 0 Å². The number of carbonyl (C=O) groups is 2. The molecule has 28 heavy (non-hydrogen) atoms. The lowest BCUT2D eigenvalue weighted by Gasteiger charge is -2.33. The molecule has 3 aromatic rings. The van der Waals surface area contributed by atoms with E-state index in [0.29, 0.717) is 17.2 Å². The maximum Gasteiger partial charge on any atom is 0.159 e. The summed E-state index contributed by atoms with van der Waals surface area (Å²) in [6.07, 6.45) is 0. The van der Waals surface area contributed by atoms with E-state index in [1.54, 1.807) is 13.8 Å². The quantitative estimate of drug-likeness (QED) is 0.632. The predicted octanol–water partition coefficient (Wildman–Crippen LogP) is 3.92. The molecule has 0 saturated carbocycles. The van der Waals surface area contributed by atoms with E-state index >= 15 is 0 Å². The van der Waals surface area contributed by atoms with E-state index in [-0.39, 0.29) is 11.6 Å². The van der Waals surface area contributed by atoms with Gasteiger partial charge in [-0.1, -0.05) is 0 Å². The lowest BCUT2D eigenvalue weighted by Crippen LogP contribution is -2.44. The van der Waals surface area contributed by atoms with Crippen LogP contribution in [0.1, 0.15) is 41.5 Å². The number of ketones is 2. The summed E-state index contributed by atoms with van der Waals surface area (Å²) in [6, 6.07) is 12.2. The van der Waals surface area contributed by atoms with Crippen LogP contribution in [0.3, 0.4) is 0 Å². The summed E-state index contributed by atoms with van der Waals surface area (Å²) in [5, 5.41) is 2.06. The number of fused-ring (bicyclic) bond motifs is 3. The second kappa shape index (κ2) is 7.49. The number of carbonyl (C=O) groups excluding carboxylic acids is 2. The van der Waals surface area contributed by atoms with Gasteiger partial charge in [0.25, 0.3) is 0 Å². The van der Waals surface area contributed by atoms with Crippen LogP contribution >= 0.6 is 0 Å². The summed E-state index contributed by atoms with van der Waals surface area (Å²) in [6.45, 7) is 9.65. The third-order valence-corrected chi connectivity index (χ3v) is 5.79. The molecule has 0 radical (unpaired) electrons. The van der Waals surface area contributed by atoms with Gasteiger partial charge in [-0.15, -0.1) is 0 Å². The van der Waals surface area contributed by atoms with Gasteiger partial charge in [-0.05, 0) is 57.2 Å². The largest absolute Gasteiger partial charge is 0.379 e. The molecule has 0 aliphatic carbocycles. The Kier molecular flexibility index (Phi) is 5.04. The molecule has 1 aliphatic rings. The van der Waals surface area contributed by atoms with Crippen molar-refractivity contribution in [2.45, 2.75) is 33.4 Å². The first-order valence-electron chi connectivity index (χ1n) is 9.85. The maximum atomic E-state index is 11.9. The molecule has 0 N–H and O–H groups in total. The van der Waals surface area contributed by atoms with Crippen LogP contribution in [0.5, 0.6) is 0 Å². The molecule has 0 amide bonds. The Morgan fingerprint density at radius 1 is 0.964 bits per heavy atom. The van der Waals surface area contributed by atoms with Gasteiger partial charge in [-0.25, -0.2) is 0 Å². The van der Waals surface area contributed by atoms with Gasteiger partial charge >= 0.3 is 0 Å². The molecular formula is C23H26N2O3. The predicted molar refractivity (Wildman–Crippen MR) is 111 cm³/mol. The van der Waals surface area contributed by atoms with Crippen molar-refractivity contribution in [3.63, 3.8) is 0 Å². The number of hydrogen-bond acceptors (Lipinski definition) is 4. The summed E-state index contributed by atoms with van der Waals surface area (Å²) < 4.78 is 7.85. The monoisotopic (exact) mass is 378 g/mol. The van der Waals surface area contributed by atoms with Crippen LogP contribution < -0.4 is 0 Å². The van der Waals surface area contributed by atoms with Crippen molar-refractivity contribution in [2.24, 2.45) is 0 Å². The lowest BCUT2D eigenvalue weighted by atomic mass is 10.0.